The number of fused-ring (bicyclic) bond motifs is 2. The fourth-order valence-corrected chi connectivity index (χ4v) is 3.80. The maximum Gasteiger partial charge on any atom is 0.328 e. The van der Waals surface area contributed by atoms with Gasteiger partial charge >= 0.3 is 5.97 Å². The lowest BCUT2D eigenvalue weighted by Crippen LogP contribution is -2.58. The highest BCUT2D eigenvalue weighted by molar-refractivity contribution is 5.94. The van der Waals surface area contributed by atoms with E-state index >= 15 is 0 Å². The highest BCUT2D eigenvalue weighted by Crippen LogP contribution is 2.31. The Balaban J connectivity index is 1.73. The number of carbonyl (C=O) groups excluding carboxylic acids is 3. The number of rotatable bonds is 5. The smallest absolute Gasteiger partial charge is 0.328 e. The van der Waals surface area contributed by atoms with Crippen LogP contribution in [0.5, 0.6) is 0 Å². The number of esters is 1. The molecule has 3 saturated heterocycles. The number of amides is 2. The number of likely N-dealkylation sites (N-methyl/N-ethyl adjacent to an activating group) is 1. The molecule has 4 atom stereocenters. The Hall–Kier alpha value is -1.71. The Morgan fingerprint density at radius 1 is 1.19 bits per heavy atom. The monoisotopic (exact) mass is 383 g/mol. The molecule has 3 rings (SSSR count). The standard InChI is InChI=1S/C18H29N3O6/c1-11(2)9-12(18(24)25-4)21-10-13-26-14(15(27-13)17(21)23)16(22)20-7-5-19(3)6-8-20/h11-15H,5-10H2,1-4H3/t12-,13-,14-,15+/m0/s1. The summed E-state index contributed by atoms with van der Waals surface area (Å²) < 4.78 is 16.3. The van der Waals surface area contributed by atoms with E-state index in [2.05, 4.69) is 4.90 Å². The predicted molar refractivity (Wildman–Crippen MR) is 94.6 cm³/mol. The van der Waals surface area contributed by atoms with Gasteiger partial charge in [0.2, 0.25) is 0 Å². The minimum absolute atomic E-state index is 0.119. The highest BCUT2D eigenvalue weighted by atomic mass is 16.7. The first-order valence-electron chi connectivity index (χ1n) is 9.48. The van der Waals surface area contributed by atoms with E-state index in [-0.39, 0.29) is 24.3 Å². The summed E-state index contributed by atoms with van der Waals surface area (Å²) in [6.45, 7) is 6.84. The fourth-order valence-electron chi connectivity index (χ4n) is 3.80. The van der Waals surface area contributed by atoms with Crippen LogP contribution in [0.1, 0.15) is 20.3 Å². The van der Waals surface area contributed by atoms with Crippen molar-refractivity contribution in [3.63, 3.8) is 0 Å². The molecule has 3 aliphatic heterocycles. The summed E-state index contributed by atoms with van der Waals surface area (Å²) in [6, 6.07) is -0.697. The van der Waals surface area contributed by atoms with E-state index < -0.39 is 30.5 Å². The van der Waals surface area contributed by atoms with Crippen LogP contribution in [-0.4, -0.2) is 104 Å². The van der Waals surface area contributed by atoms with E-state index in [1.165, 1.54) is 12.0 Å². The number of hydrogen-bond acceptors (Lipinski definition) is 7. The Bertz CT molecular complexity index is 590. The first-order chi connectivity index (χ1) is 12.8. The second kappa shape index (κ2) is 8.12. The molecule has 2 bridgehead atoms. The van der Waals surface area contributed by atoms with Crippen molar-refractivity contribution in [2.24, 2.45) is 5.92 Å². The van der Waals surface area contributed by atoms with E-state index in [0.29, 0.717) is 19.5 Å². The number of nitrogens with zero attached hydrogens (tertiary/aromatic N) is 3. The van der Waals surface area contributed by atoms with Crippen LogP contribution in [0.3, 0.4) is 0 Å². The molecule has 0 aliphatic carbocycles. The van der Waals surface area contributed by atoms with Crippen LogP contribution in [0, 0.1) is 5.92 Å². The summed E-state index contributed by atoms with van der Waals surface area (Å²) in [5.74, 6) is -0.858. The van der Waals surface area contributed by atoms with E-state index in [1.54, 1.807) is 4.90 Å². The van der Waals surface area contributed by atoms with Crippen LogP contribution >= 0.6 is 0 Å². The fraction of sp³-hybridized carbons (Fsp3) is 0.833. The molecule has 0 aromatic rings. The minimum Gasteiger partial charge on any atom is -0.467 e. The van der Waals surface area contributed by atoms with Gasteiger partial charge in [-0.2, -0.15) is 0 Å². The quantitative estimate of drug-likeness (QED) is 0.580. The zero-order chi connectivity index (χ0) is 19.7. The molecule has 9 heteroatoms. The van der Waals surface area contributed by atoms with Crippen LogP contribution < -0.4 is 0 Å². The van der Waals surface area contributed by atoms with Gasteiger partial charge in [0.05, 0.1) is 13.7 Å². The van der Waals surface area contributed by atoms with Crippen molar-refractivity contribution in [3.05, 3.63) is 0 Å². The molecule has 0 saturated carbocycles. The van der Waals surface area contributed by atoms with E-state index in [0.717, 1.165) is 13.1 Å². The Morgan fingerprint density at radius 3 is 2.44 bits per heavy atom. The molecule has 0 spiro atoms. The average Bonchev–Trinajstić information content (AvgIpc) is 3.01. The summed E-state index contributed by atoms with van der Waals surface area (Å²) in [5, 5.41) is 0. The zero-order valence-corrected chi connectivity index (χ0v) is 16.4. The first kappa shape index (κ1) is 20.0. The first-order valence-corrected chi connectivity index (χ1v) is 9.48. The molecular weight excluding hydrogens is 354 g/mol. The highest BCUT2D eigenvalue weighted by Gasteiger charge is 2.54. The van der Waals surface area contributed by atoms with Gasteiger partial charge in [-0.1, -0.05) is 13.8 Å². The van der Waals surface area contributed by atoms with E-state index in [9.17, 15) is 14.4 Å². The van der Waals surface area contributed by atoms with Gasteiger partial charge in [0, 0.05) is 26.2 Å². The number of ether oxygens (including phenoxy) is 3. The number of hydrogen-bond donors (Lipinski definition) is 0. The maximum atomic E-state index is 13.0. The van der Waals surface area contributed by atoms with Gasteiger partial charge < -0.3 is 28.9 Å². The van der Waals surface area contributed by atoms with Crippen LogP contribution in [-0.2, 0) is 28.6 Å². The molecule has 9 nitrogen and oxygen atoms in total. The van der Waals surface area contributed by atoms with Gasteiger partial charge in [0.15, 0.2) is 18.5 Å². The molecule has 3 aliphatic rings. The van der Waals surface area contributed by atoms with Crippen molar-refractivity contribution < 1.29 is 28.6 Å². The van der Waals surface area contributed by atoms with Crippen molar-refractivity contribution in [1.29, 1.82) is 0 Å². The maximum absolute atomic E-state index is 13.0. The lowest BCUT2D eigenvalue weighted by molar-refractivity contribution is -0.174. The molecule has 3 fully saturated rings. The molecule has 0 N–H and O–H groups in total. The second-order valence-corrected chi connectivity index (χ2v) is 7.83. The van der Waals surface area contributed by atoms with Gasteiger partial charge in [0.25, 0.3) is 11.8 Å². The molecule has 0 radical (unpaired) electrons. The number of methoxy groups -OCH3 is 1. The summed E-state index contributed by atoms with van der Waals surface area (Å²) in [7, 11) is 3.32. The second-order valence-electron chi connectivity index (χ2n) is 7.83. The number of carbonyl (C=O) groups is 3. The van der Waals surface area contributed by atoms with Crippen LogP contribution in [0.2, 0.25) is 0 Å². The molecule has 0 unspecified atom stereocenters. The Labute approximate surface area is 159 Å². The van der Waals surface area contributed by atoms with Crippen LogP contribution in [0.15, 0.2) is 0 Å². The Morgan fingerprint density at radius 2 is 1.85 bits per heavy atom. The van der Waals surface area contributed by atoms with E-state index in [4.69, 9.17) is 14.2 Å². The minimum atomic E-state index is -1.00. The average molecular weight is 383 g/mol. The van der Waals surface area contributed by atoms with Gasteiger partial charge in [-0.15, -0.1) is 0 Å². The van der Waals surface area contributed by atoms with E-state index in [1.807, 2.05) is 20.9 Å². The van der Waals surface area contributed by atoms with Gasteiger partial charge in [-0.25, -0.2) is 4.79 Å². The molecule has 27 heavy (non-hydrogen) atoms. The third-order valence-corrected chi connectivity index (χ3v) is 5.35. The Kier molecular flexibility index (Phi) is 6.02. The summed E-state index contributed by atoms with van der Waals surface area (Å²) in [6.07, 6.45) is -2.17. The predicted octanol–water partition coefficient (Wildman–Crippen LogP) is -0.700. The molecule has 2 amide bonds. The number of piperazine rings is 1. The lowest BCUT2D eigenvalue weighted by Gasteiger charge is -2.36. The van der Waals surface area contributed by atoms with Crippen molar-refractivity contribution in [2.75, 3.05) is 46.9 Å². The van der Waals surface area contributed by atoms with Crippen LogP contribution in [0.4, 0.5) is 0 Å². The van der Waals surface area contributed by atoms with Crippen molar-refractivity contribution >= 4 is 17.8 Å². The lowest BCUT2D eigenvalue weighted by atomic mass is 10.0. The third kappa shape index (κ3) is 4.09. The summed E-state index contributed by atoms with van der Waals surface area (Å²) >= 11 is 0. The van der Waals surface area contributed by atoms with Crippen LogP contribution in [0.25, 0.3) is 0 Å². The number of morpholine rings is 1. The SMILES string of the molecule is COC(=O)[C@H](CC(C)C)N1C[C@H]2O[C@H](C(=O)N3CCN(C)CC3)[C@@H](O2)C1=O. The normalized spacial score (nSPS) is 30.0. The zero-order valence-electron chi connectivity index (χ0n) is 16.4. The largest absolute Gasteiger partial charge is 0.467 e. The molecular formula is C18H29N3O6. The molecule has 152 valence electrons. The van der Waals surface area contributed by atoms with Crippen molar-refractivity contribution in [2.45, 2.75) is 44.8 Å². The molecule has 0 aromatic heterocycles. The van der Waals surface area contributed by atoms with Crippen molar-refractivity contribution in [3.8, 4) is 0 Å². The molecule has 0 aromatic carbocycles. The van der Waals surface area contributed by atoms with Gasteiger partial charge in [-0.05, 0) is 19.4 Å². The van der Waals surface area contributed by atoms with Gasteiger partial charge in [-0.3, -0.25) is 9.59 Å². The van der Waals surface area contributed by atoms with Gasteiger partial charge in [0.1, 0.15) is 6.04 Å². The summed E-state index contributed by atoms with van der Waals surface area (Å²) in [4.78, 5) is 43.5. The molecule has 3 heterocycles. The van der Waals surface area contributed by atoms with Crippen molar-refractivity contribution in [1.82, 2.24) is 14.7 Å². The topological polar surface area (TPSA) is 88.6 Å². The third-order valence-electron chi connectivity index (χ3n) is 5.35. The summed E-state index contributed by atoms with van der Waals surface area (Å²) in [5.41, 5.74) is 0.